The van der Waals surface area contributed by atoms with Crippen molar-refractivity contribution in [2.45, 2.75) is 12.8 Å². The summed E-state index contributed by atoms with van der Waals surface area (Å²) >= 11 is 0. The Morgan fingerprint density at radius 1 is 1.45 bits per heavy atom. The summed E-state index contributed by atoms with van der Waals surface area (Å²) in [6, 6.07) is 2.96. The standard InChI is InChI=1S/C14H17F2NO3/c15-11-1-2-13(12(16)7-11)20-9-14(18)17-5-3-10-4-6-19-8-10/h1-2,7,10H,3-6,8-9H2,(H,17,18)/t10-/m1/s1. The minimum atomic E-state index is -0.819. The van der Waals surface area contributed by atoms with E-state index >= 15 is 0 Å². The van der Waals surface area contributed by atoms with Crippen LogP contribution in [-0.2, 0) is 9.53 Å². The van der Waals surface area contributed by atoms with Crippen molar-refractivity contribution in [1.82, 2.24) is 5.32 Å². The first-order valence-corrected chi connectivity index (χ1v) is 6.57. The van der Waals surface area contributed by atoms with E-state index in [2.05, 4.69) is 5.32 Å². The summed E-state index contributed by atoms with van der Waals surface area (Å²) in [6.07, 6.45) is 1.88. The molecule has 1 heterocycles. The van der Waals surface area contributed by atoms with Gasteiger partial charge in [0.05, 0.1) is 0 Å². The van der Waals surface area contributed by atoms with Gasteiger partial charge in [0.15, 0.2) is 18.2 Å². The molecule has 1 fully saturated rings. The Hall–Kier alpha value is -1.69. The van der Waals surface area contributed by atoms with Crippen molar-refractivity contribution in [2.24, 2.45) is 5.92 Å². The molecule has 110 valence electrons. The van der Waals surface area contributed by atoms with Crippen molar-refractivity contribution < 1.29 is 23.0 Å². The van der Waals surface area contributed by atoms with Crippen LogP contribution in [-0.4, -0.2) is 32.3 Å². The van der Waals surface area contributed by atoms with E-state index in [4.69, 9.17) is 9.47 Å². The lowest BCUT2D eigenvalue weighted by Gasteiger charge is -2.10. The van der Waals surface area contributed by atoms with Gasteiger partial charge in [-0.3, -0.25) is 4.79 Å². The van der Waals surface area contributed by atoms with Crippen molar-refractivity contribution in [2.75, 3.05) is 26.4 Å². The second-order valence-corrected chi connectivity index (χ2v) is 4.73. The SMILES string of the molecule is O=C(COc1ccc(F)cc1F)NCC[C@@H]1CCOC1. The molecule has 0 aliphatic carbocycles. The Balaban J connectivity index is 1.66. The maximum atomic E-state index is 13.2. The largest absolute Gasteiger partial charge is 0.481 e. The normalized spacial score (nSPS) is 18.0. The third kappa shape index (κ3) is 4.45. The molecule has 20 heavy (non-hydrogen) atoms. The lowest BCUT2D eigenvalue weighted by atomic mass is 10.1. The highest BCUT2D eigenvalue weighted by molar-refractivity contribution is 5.77. The first-order valence-electron chi connectivity index (χ1n) is 6.57. The molecule has 1 saturated heterocycles. The zero-order valence-electron chi connectivity index (χ0n) is 11.0. The molecular formula is C14H17F2NO3. The fraction of sp³-hybridized carbons (Fsp3) is 0.500. The van der Waals surface area contributed by atoms with Gasteiger partial charge in [0.1, 0.15) is 5.82 Å². The molecule has 0 radical (unpaired) electrons. The smallest absolute Gasteiger partial charge is 0.257 e. The molecule has 1 atom stereocenters. The van der Waals surface area contributed by atoms with E-state index in [1.807, 2.05) is 0 Å². The van der Waals surface area contributed by atoms with E-state index in [0.717, 1.165) is 38.2 Å². The van der Waals surface area contributed by atoms with Crippen LogP contribution in [0.3, 0.4) is 0 Å². The second kappa shape index (κ2) is 7.19. The van der Waals surface area contributed by atoms with E-state index in [1.165, 1.54) is 0 Å². The van der Waals surface area contributed by atoms with Crippen LogP contribution < -0.4 is 10.1 Å². The fourth-order valence-corrected chi connectivity index (χ4v) is 2.01. The summed E-state index contributed by atoms with van der Waals surface area (Å²) in [4.78, 5) is 11.5. The highest BCUT2D eigenvalue weighted by Crippen LogP contribution is 2.17. The third-order valence-electron chi connectivity index (χ3n) is 3.15. The molecule has 4 nitrogen and oxygen atoms in total. The van der Waals surface area contributed by atoms with Gasteiger partial charge in [0.2, 0.25) is 0 Å². The molecule has 1 aromatic rings. The first kappa shape index (κ1) is 14.7. The van der Waals surface area contributed by atoms with Crippen LogP contribution in [0.25, 0.3) is 0 Å². The predicted octanol–water partition coefficient (Wildman–Crippen LogP) is 1.89. The Morgan fingerprint density at radius 2 is 2.30 bits per heavy atom. The van der Waals surface area contributed by atoms with Crippen LogP contribution in [0, 0.1) is 17.6 Å². The van der Waals surface area contributed by atoms with Gasteiger partial charge in [-0.25, -0.2) is 8.78 Å². The summed E-state index contributed by atoms with van der Waals surface area (Å²) in [5.74, 6) is -1.47. The Morgan fingerprint density at radius 3 is 3.00 bits per heavy atom. The zero-order chi connectivity index (χ0) is 14.4. The lowest BCUT2D eigenvalue weighted by molar-refractivity contribution is -0.123. The van der Waals surface area contributed by atoms with E-state index in [9.17, 15) is 13.6 Å². The summed E-state index contributed by atoms with van der Waals surface area (Å²) in [5, 5.41) is 2.69. The maximum absolute atomic E-state index is 13.2. The zero-order valence-corrected chi connectivity index (χ0v) is 11.0. The number of amides is 1. The Kier molecular flexibility index (Phi) is 5.29. The quantitative estimate of drug-likeness (QED) is 0.868. The summed E-state index contributed by atoms with van der Waals surface area (Å²) in [6.45, 7) is 1.78. The number of nitrogens with one attached hydrogen (secondary N) is 1. The van der Waals surface area contributed by atoms with Crippen molar-refractivity contribution in [3.05, 3.63) is 29.8 Å². The number of carbonyl (C=O) groups excluding carboxylic acids is 1. The van der Waals surface area contributed by atoms with Crippen LogP contribution in [0.4, 0.5) is 8.78 Å². The van der Waals surface area contributed by atoms with E-state index in [0.29, 0.717) is 18.5 Å². The minimum Gasteiger partial charge on any atom is -0.481 e. The van der Waals surface area contributed by atoms with Gasteiger partial charge < -0.3 is 14.8 Å². The number of benzene rings is 1. The van der Waals surface area contributed by atoms with Gasteiger partial charge >= 0.3 is 0 Å². The predicted molar refractivity (Wildman–Crippen MR) is 68.4 cm³/mol. The van der Waals surface area contributed by atoms with Gasteiger partial charge in [-0.2, -0.15) is 0 Å². The average molecular weight is 285 g/mol. The van der Waals surface area contributed by atoms with Crippen LogP contribution in [0.2, 0.25) is 0 Å². The fourth-order valence-electron chi connectivity index (χ4n) is 2.01. The minimum absolute atomic E-state index is 0.134. The van der Waals surface area contributed by atoms with Crippen molar-refractivity contribution in [1.29, 1.82) is 0 Å². The van der Waals surface area contributed by atoms with Crippen molar-refractivity contribution in [3.8, 4) is 5.75 Å². The second-order valence-electron chi connectivity index (χ2n) is 4.73. The van der Waals surface area contributed by atoms with Gasteiger partial charge in [0, 0.05) is 25.8 Å². The van der Waals surface area contributed by atoms with E-state index in [1.54, 1.807) is 0 Å². The number of hydrogen-bond donors (Lipinski definition) is 1. The molecule has 6 heteroatoms. The molecule has 0 aromatic heterocycles. The molecule has 0 saturated carbocycles. The van der Waals surface area contributed by atoms with Gasteiger partial charge in [-0.15, -0.1) is 0 Å². The number of rotatable bonds is 6. The van der Waals surface area contributed by atoms with Gasteiger partial charge in [0.25, 0.3) is 5.91 Å². The number of hydrogen-bond acceptors (Lipinski definition) is 3. The third-order valence-corrected chi connectivity index (χ3v) is 3.15. The van der Waals surface area contributed by atoms with Gasteiger partial charge in [-0.05, 0) is 30.9 Å². The summed E-state index contributed by atoms with van der Waals surface area (Å²) in [7, 11) is 0. The highest BCUT2D eigenvalue weighted by Gasteiger charge is 2.15. The molecule has 0 spiro atoms. The number of carbonyl (C=O) groups is 1. The Labute approximate surface area is 116 Å². The molecule has 2 rings (SSSR count). The number of ether oxygens (including phenoxy) is 2. The highest BCUT2D eigenvalue weighted by atomic mass is 19.1. The monoisotopic (exact) mass is 285 g/mol. The molecule has 1 aromatic carbocycles. The van der Waals surface area contributed by atoms with Crippen LogP contribution in [0.15, 0.2) is 18.2 Å². The summed E-state index contributed by atoms with van der Waals surface area (Å²) < 4.78 is 36.2. The van der Waals surface area contributed by atoms with Crippen LogP contribution in [0.1, 0.15) is 12.8 Å². The van der Waals surface area contributed by atoms with Gasteiger partial charge in [-0.1, -0.05) is 0 Å². The molecule has 1 aliphatic heterocycles. The van der Waals surface area contributed by atoms with Crippen LogP contribution in [0.5, 0.6) is 5.75 Å². The molecule has 0 bridgehead atoms. The van der Waals surface area contributed by atoms with Crippen molar-refractivity contribution >= 4 is 5.91 Å². The molecule has 1 aliphatic rings. The van der Waals surface area contributed by atoms with Crippen molar-refractivity contribution in [3.63, 3.8) is 0 Å². The Bertz CT molecular complexity index is 462. The molecule has 0 unspecified atom stereocenters. The van der Waals surface area contributed by atoms with Crippen LogP contribution >= 0.6 is 0 Å². The number of halogens is 2. The van der Waals surface area contributed by atoms with E-state index in [-0.39, 0.29) is 18.3 Å². The lowest BCUT2D eigenvalue weighted by Crippen LogP contribution is -2.30. The average Bonchev–Trinajstić information content (AvgIpc) is 2.91. The van der Waals surface area contributed by atoms with E-state index < -0.39 is 11.6 Å². The molecule has 1 amide bonds. The molecular weight excluding hydrogens is 268 g/mol. The maximum Gasteiger partial charge on any atom is 0.257 e. The summed E-state index contributed by atoms with van der Waals surface area (Å²) in [5.41, 5.74) is 0. The topological polar surface area (TPSA) is 47.6 Å². The first-order chi connectivity index (χ1) is 9.65. The molecule has 1 N–H and O–H groups in total.